The molecule has 0 aliphatic heterocycles. The van der Waals surface area contributed by atoms with Gasteiger partial charge in [-0.1, -0.05) is 6.92 Å². The highest BCUT2D eigenvalue weighted by Gasteiger charge is 2.03. The quantitative estimate of drug-likeness (QED) is 0.626. The Labute approximate surface area is 74.3 Å². The van der Waals surface area contributed by atoms with Crippen molar-refractivity contribution in [1.29, 1.82) is 0 Å². The van der Waals surface area contributed by atoms with Crippen molar-refractivity contribution in [2.45, 2.75) is 31.7 Å². The summed E-state index contributed by atoms with van der Waals surface area (Å²) in [6.45, 7) is 5.78. The zero-order chi connectivity index (χ0) is 8.69. The molecule has 0 saturated carbocycles. The summed E-state index contributed by atoms with van der Waals surface area (Å²) in [7, 11) is 1.70. The summed E-state index contributed by atoms with van der Waals surface area (Å²) in [5.74, 6) is 0. The topological polar surface area (TPSA) is 21.3 Å². The van der Waals surface area contributed by atoms with E-state index in [-0.39, 0.29) is 5.38 Å². The second-order valence-corrected chi connectivity index (χ2v) is 3.39. The zero-order valence-electron chi connectivity index (χ0n) is 7.56. The lowest BCUT2D eigenvalue weighted by Gasteiger charge is -2.14. The van der Waals surface area contributed by atoms with Gasteiger partial charge in [0.2, 0.25) is 0 Å². The normalized spacial score (nSPS) is 16.4. The second-order valence-electron chi connectivity index (χ2n) is 2.77. The van der Waals surface area contributed by atoms with Gasteiger partial charge in [0.15, 0.2) is 0 Å². The summed E-state index contributed by atoms with van der Waals surface area (Å²) < 4.78 is 4.96. The maximum atomic E-state index is 5.91. The molecule has 0 bridgehead atoms. The highest BCUT2D eigenvalue weighted by atomic mass is 35.5. The summed E-state index contributed by atoms with van der Waals surface area (Å²) in [6.07, 6.45) is 1.01. The molecule has 68 valence electrons. The maximum absolute atomic E-state index is 5.91. The van der Waals surface area contributed by atoms with Gasteiger partial charge in [0.1, 0.15) is 0 Å². The van der Waals surface area contributed by atoms with Gasteiger partial charge in [-0.25, -0.2) is 0 Å². The molecule has 0 saturated heterocycles. The largest absolute Gasteiger partial charge is 0.383 e. The number of methoxy groups -OCH3 is 1. The Balaban J connectivity index is 3.22. The molecule has 0 amide bonds. The molecule has 0 aliphatic rings. The van der Waals surface area contributed by atoms with E-state index in [0.717, 1.165) is 19.6 Å². The first kappa shape index (κ1) is 11.2. The number of halogens is 1. The monoisotopic (exact) mass is 179 g/mol. The van der Waals surface area contributed by atoms with Gasteiger partial charge < -0.3 is 10.1 Å². The number of alkyl halides is 1. The number of hydrogen-bond acceptors (Lipinski definition) is 2. The van der Waals surface area contributed by atoms with Crippen LogP contribution in [0.1, 0.15) is 20.3 Å². The first-order valence-electron chi connectivity index (χ1n) is 4.07. The van der Waals surface area contributed by atoms with Crippen LogP contribution in [0.25, 0.3) is 0 Å². The van der Waals surface area contributed by atoms with E-state index < -0.39 is 0 Å². The van der Waals surface area contributed by atoms with Crippen molar-refractivity contribution < 1.29 is 4.74 Å². The van der Waals surface area contributed by atoms with Crippen molar-refractivity contribution in [2.24, 2.45) is 0 Å². The molecule has 0 aromatic heterocycles. The molecule has 1 N–H and O–H groups in total. The van der Waals surface area contributed by atoms with Crippen molar-refractivity contribution in [1.82, 2.24) is 5.32 Å². The standard InChI is InChI=1S/C8H18ClNO/c1-4-8(9)5-10-7(2)6-11-3/h7-8,10H,4-6H2,1-3H3. The molecule has 0 fully saturated rings. The molecule has 3 heteroatoms. The van der Waals surface area contributed by atoms with Crippen LogP contribution in [0.2, 0.25) is 0 Å². The molecule has 0 aromatic rings. The van der Waals surface area contributed by atoms with Crippen molar-refractivity contribution in [3.8, 4) is 0 Å². The maximum Gasteiger partial charge on any atom is 0.0613 e. The van der Waals surface area contributed by atoms with Crippen LogP contribution in [-0.4, -0.2) is 31.7 Å². The molecule has 2 atom stereocenters. The fourth-order valence-electron chi connectivity index (χ4n) is 0.782. The predicted octanol–water partition coefficient (Wildman–Crippen LogP) is 1.63. The molecule has 0 spiro atoms. The van der Waals surface area contributed by atoms with E-state index in [0.29, 0.717) is 6.04 Å². The minimum atomic E-state index is 0.245. The number of hydrogen-bond donors (Lipinski definition) is 1. The summed E-state index contributed by atoms with van der Waals surface area (Å²) in [4.78, 5) is 0. The van der Waals surface area contributed by atoms with Crippen LogP contribution in [0.5, 0.6) is 0 Å². The lowest BCUT2D eigenvalue weighted by atomic mass is 10.3. The van der Waals surface area contributed by atoms with Gasteiger partial charge in [0.05, 0.1) is 6.61 Å². The highest BCUT2D eigenvalue weighted by molar-refractivity contribution is 6.20. The van der Waals surface area contributed by atoms with Crippen LogP contribution in [0.3, 0.4) is 0 Å². The summed E-state index contributed by atoms with van der Waals surface area (Å²) in [6, 6.07) is 0.396. The number of rotatable bonds is 6. The summed E-state index contributed by atoms with van der Waals surface area (Å²) in [5, 5.41) is 3.52. The third-order valence-corrected chi connectivity index (χ3v) is 2.01. The predicted molar refractivity (Wildman–Crippen MR) is 49.3 cm³/mol. The third kappa shape index (κ3) is 6.60. The summed E-state index contributed by atoms with van der Waals surface area (Å²) in [5.41, 5.74) is 0. The molecule has 0 aliphatic carbocycles. The summed E-state index contributed by atoms with van der Waals surface area (Å²) >= 11 is 5.91. The number of nitrogens with one attached hydrogen (secondary N) is 1. The molecule has 2 unspecified atom stereocenters. The Morgan fingerprint density at radius 3 is 2.64 bits per heavy atom. The van der Waals surface area contributed by atoms with Crippen molar-refractivity contribution in [2.75, 3.05) is 20.3 Å². The fraction of sp³-hybridized carbons (Fsp3) is 1.00. The van der Waals surface area contributed by atoms with Crippen LogP contribution >= 0.6 is 11.6 Å². The Hall–Kier alpha value is 0.210. The first-order valence-corrected chi connectivity index (χ1v) is 4.50. The molecule has 0 aromatic carbocycles. The van der Waals surface area contributed by atoms with E-state index in [1.165, 1.54) is 0 Å². The average molecular weight is 180 g/mol. The Morgan fingerprint density at radius 1 is 1.55 bits per heavy atom. The van der Waals surface area contributed by atoms with E-state index in [9.17, 15) is 0 Å². The second kappa shape index (κ2) is 6.89. The molecular weight excluding hydrogens is 162 g/mol. The molecule has 0 radical (unpaired) electrons. The third-order valence-electron chi connectivity index (χ3n) is 1.55. The van der Waals surface area contributed by atoms with Crippen molar-refractivity contribution >= 4 is 11.6 Å². The van der Waals surface area contributed by atoms with E-state index in [1.54, 1.807) is 7.11 Å². The van der Waals surface area contributed by atoms with Gasteiger partial charge in [-0.2, -0.15) is 0 Å². The lowest BCUT2D eigenvalue weighted by molar-refractivity contribution is 0.172. The Kier molecular flexibility index (Phi) is 7.02. The molecular formula is C8H18ClNO. The smallest absolute Gasteiger partial charge is 0.0613 e. The Bertz CT molecular complexity index is 90.2. The van der Waals surface area contributed by atoms with E-state index in [2.05, 4.69) is 19.2 Å². The fourth-order valence-corrected chi connectivity index (χ4v) is 0.871. The van der Waals surface area contributed by atoms with Crippen LogP contribution < -0.4 is 5.32 Å². The van der Waals surface area contributed by atoms with Gasteiger partial charge in [0, 0.05) is 25.1 Å². The first-order chi connectivity index (χ1) is 5.20. The Morgan fingerprint density at radius 2 is 2.18 bits per heavy atom. The van der Waals surface area contributed by atoms with Gasteiger partial charge in [-0.15, -0.1) is 11.6 Å². The van der Waals surface area contributed by atoms with Crippen LogP contribution in [-0.2, 0) is 4.74 Å². The molecule has 11 heavy (non-hydrogen) atoms. The molecule has 2 nitrogen and oxygen atoms in total. The van der Waals surface area contributed by atoms with Crippen LogP contribution in [0.4, 0.5) is 0 Å². The van der Waals surface area contributed by atoms with Crippen LogP contribution in [0, 0.1) is 0 Å². The van der Waals surface area contributed by atoms with Gasteiger partial charge in [-0.05, 0) is 13.3 Å². The van der Waals surface area contributed by atoms with Crippen LogP contribution in [0.15, 0.2) is 0 Å². The molecule has 0 rings (SSSR count). The minimum absolute atomic E-state index is 0.245. The van der Waals surface area contributed by atoms with Crippen molar-refractivity contribution in [3.63, 3.8) is 0 Å². The van der Waals surface area contributed by atoms with Crippen molar-refractivity contribution in [3.05, 3.63) is 0 Å². The van der Waals surface area contributed by atoms with E-state index >= 15 is 0 Å². The van der Waals surface area contributed by atoms with Gasteiger partial charge in [-0.3, -0.25) is 0 Å². The SMILES string of the molecule is CCC(Cl)CNC(C)COC. The zero-order valence-corrected chi connectivity index (χ0v) is 8.32. The van der Waals surface area contributed by atoms with E-state index in [4.69, 9.17) is 16.3 Å². The molecule has 0 heterocycles. The van der Waals surface area contributed by atoms with Gasteiger partial charge >= 0.3 is 0 Å². The highest BCUT2D eigenvalue weighted by Crippen LogP contribution is 1.98. The average Bonchev–Trinajstić information content (AvgIpc) is 2.01. The minimum Gasteiger partial charge on any atom is -0.383 e. The number of ether oxygens (including phenoxy) is 1. The van der Waals surface area contributed by atoms with Gasteiger partial charge in [0.25, 0.3) is 0 Å². The lowest BCUT2D eigenvalue weighted by Crippen LogP contribution is -2.34. The van der Waals surface area contributed by atoms with E-state index in [1.807, 2.05) is 0 Å².